The van der Waals surface area contributed by atoms with Crippen LogP contribution < -0.4 is 9.47 Å². The number of non-ortho nitro benzene ring substituents is 1. The highest BCUT2D eigenvalue weighted by atomic mass is 16.6. The Morgan fingerprint density at radius 3 is 2.37 bits per heavy atom. The molecule has 0 radical (unpaired) electrons. The fourth-order valence-electron chi connectivity index (χ4n) is 2.20. The number of carbonyl (C=O) groups is 1. The maximum atomic E-state index is 11.4. The van der Waals surface area contributed by atoms with Gasteiger partial charge in [0.2, 0.25) is 0 Å². The number of methoxy groups -OCH3 is 1. The van der Waals surface area contributed by atoms with Crippen LogP contribution in [0.25, 0.3) is 12.2 Å². The topological polar surface area (TPSA) is 122 Å². The van der Waals surface area contributed by atoms with Gasteiger partial charge in [0.25, 0.3) is 11.4 Å². The van der Waals surface area contributed by atoms with E-state index in [9.17, 15) is 25.0 Å². The number of nitro groups is 2. The van der Waals surface area contributed by atoms with E-state index < -0.39 is 15.8 Å². The van der Waals surface area contributed by atoms with Gasteiger partial charge in [-0.2, -0.15) is 0 Å². The van der Waals surface area contributed by atoms with Gasteiger partial charge in [0.1, 0.15) is 0 Å². The van der Waals surface area contributed by atoms with Gasteiger partial charge >= 0.3 is 5.97 Å². The van der Waals surface area contributed by atoms with Crippen molar-refractivity contribution in [3.63, 3.8) is 0 Å². The van der Waals surface area contributed by atoms with Crippen molar-refractivity contribution in [3.05, 3.63) is 67.8 Å². The van der Waals surface area contributed by atoms with Gasteiger partial charge in [-0.3, -0.25) is 25.0 Å². The molecule has 0 heterocycles. The molecule has 0 amide bonds. The summed E-state index contributed by atoms with van der Waals surface area (Å²) in [6.45, 7) is 1.67. The summed E-state index contributed by atoms with van der Waals surface area (Å²) in [5.74, 6) is 0.193. The molecule has 0 fully saturated rings. The van der Waals surface area contributed by atoms with Gasteiger partial charge in [-0.15, -0.1) is 0 Å². The third kappa shape index (κ3) is 4.88. The minimum atomic E-state index is -0.693. The molecule has 27 heavy (non-hydrogen) atoms. The molecule has 0 unspecified atom stereocenters. The second-order valence-electron chi connectivity index (χ2n) is 5.33. The van der Waals surface area contributed by atoms with E-state index in [-0.39, 0.29) is 29.1 Å². The smallest absolute Gasteiger partial charge is 0.311 e. The molecule has 0 bridgehead atoms. The van der Waals surface area contributed by atoms with Crippen LogP contribution in [0.3, 0.4) is 0 Å². The zero-order valence-electron chi connectivity index (χ0n) is 14.6. The highest BCUT2D eigenvalue weighted by Crippen LogP contribution is 2.30. The number of esters is 1. The summed E-state index contributed by atoms with van der Waals surface area (Å²) in [4.78, 5) is 32.0. The van der Waals surface area contributed by atoms with Crippen molar-refractivity contribution < 1.29 is 24.1 Å². The molecule has 140 valence electrons. The lowest BCUT2D eigenvalue weighted by Crippen LogP contribution is -2.06. The number of nitro benzene ring substituents is 2. The van der Waals surface area contributed by atoms with E-state index in [0.717, 1.165) is 6.07 Å². The standard InChI is InChI=1S/C18H16N2O7/c1-3-18(21)27-16-9-5-12(10-17(16)26-2)4-6-13-7-8-14(19(22)23)11-15(13)20(24)25/h4-11H,3H2,1-2H3/b6-4+. The lowest BCUT2D eigenvalue weighted by Gasteiger charge is -2.09. The van der Waals surface area contributed by atoms with Crippen LogP contribution in [-0.2, 0) is 4.79 Å². The van der Waals surface area contributed by atoms with E-state index in [2.05, 4.69) is 0 Å². The molecule has 0 aromatic heterocycles. The Labute approximate surface area is 154 Å². The first-order valence-corrected chi connectivity index (χ1v) is 7.85. The molecule has 9 nitrogen and oxygen atoms in total. The molecular weight excluding hydrogens is 356 g/mol. The van der Waals surface area contributed by atoms with Crippen LogP contribution in [0.15, 0.2) is 36.4 Å². The largest absolute Gasteiger partial charge is 0.493 e. The Bertz CT molecular complexity index is 922. The van der Waals surface area contributed by atoms with Crippen LogP contribution in [-0.4, -0.2) is 22.9 Å². The minimum Gasteiger partial charge on any atom is -0.493 e. The van der Waals surface area contributed by atoms with E-state index >= 15 is 0 Å². The monoisotopic (exact) mass is 372 g/mol. The summed E-state index contributed by atoms with van der Waals surface area (Å²) in [5.41, 5.74) is 0.116. The van der Waals surface area contributed by atoms with Crippen molar-refractivity contribution in [2.75, 3.05) is 7.11 Å². The van der Waals surface area contributed by atoms with Crippen LogP contribution >= 0.6 is 0 Å². The first kappa shape index (κ1) is 19.6. The van der Waals surface area contributed by atoms with Crippen molar-refractivity contribution >= 4 is 29.5 Å². The van der Waals surface area contributed by atoms with Crippen LogP contribution in [0.5, 0.6) is 11.5 Å². The molecule has 0 atom stereocenters. The van der Waals surface area contributed by atoms with E-state index in [4.69, 9.17) is 9.47 Å². The number of carbonyl (C=O) groups excluding carboxylic acids is 1. The average Bonchev–Trinajstić information content (AvgIpc) is 2.66. The Morgan fingerprint density at radius 2 is 1.78 bits per heavy atom. The van der Waals surface area contributed by atoms with Gasteiger partial charge in [0.05, 0.1) is 28.6 Å². The summed E-state index contributed by atoms with van der Waals surface area (Å²) in [5, 5.41) is 21.9. The summed E-state index contributed by atoms with van der Waals surface area (Å²) in [6.07, 6.45) is 3.27. The molecule has 2 aromatic rings. The zero-order valence-corrected chi connectivity index (χ0v) is 14.6. The minimum absolute atomic E-state index is 0.214. The molecular formula is C18H16N2O7. The molecule has 0 aliphatic heterocycles. The summed E-state index contributed by atoms with van der Waals surface area (Å²) in [6, 6.07) is 8.21. The molecule has 0 N–H and O–H groups in total. The fraction of sp³-hybridized carbons (Fsp3) is 0.167. The Morgan fingerprint density at radius 1 is 1.04 bits per heavy atom. The number of nitrogens with zero attached hydrogens (tertiary/aromatic N) is 2. The average molecular weight is 372 g/mol. The second-order valence-corrected chi connectivity index (χ2v) is 5.33. The number of rotatable bonds is 7. The highest BCUT2D eigenvalue weighted by Gasteiger charge is 2.17. The van der Waals surface area contributed by atoms with Gasteiger partial charge in [0, 0.05) is 12.5 Å². The number of ether oxygens (including phenoxy) is 2. The normalized spacial score (nSPS) is 10.6. The number of hydrogen-bond donors (Lipinski definition) is 0. The molecule has 9 heteroatoms. The van der Waals surface area contributed by atoms with Crippen molar-refractivity contribution in [2.24, 2.45) is 0 Å². The third-order valence-corrected chi connectivity index (χ3v) is 3.58. The van der Waals surface area contributed by atoms with Crippen molar-refractivity contribution in [1.29, 1.82) is 0 Å². The van der Waals surface area contributed by atoms with E-state index in [0.29, 0.717) is 11.3 Å². The van der Waals surface area contributed by atoms with Gasteiger partial charge in [-0.05, 0) is 29.8 Å². The van der Waals surface area contributed by atoms with Crippen molar-refractivity contribution in [2.45, 2.75) is 13.3 Å². The second kappa shape index (κ2) is 8.56. The molecule has 0 saturated heterocycles. The lowest BCUT2D eigenvalue weighted by molar-refractivity contribution is -0.394. The van der Waals surface area contributed by atoms with Crippen LogP contribution in [0.2, 0.25) is 0 Å². The lowest BCUT2D eigenvalue weighted by atomic mass is 10.1. The predicted molar refractivity (Wildman–Crippen MR) is 97.6 cm³/mol. The SMILES string of the molecule is CCC(=O)Oc1ccc(/C=C/c2ccc([N+](=O)[O-])cc2[N+](=O)[O-])cc1OC. The molecule has 0 saturated carbocycles. The number of benzene rings is 2. The first-order valence-electron chi connectivity index (χ1n) is 7.85. The molecule has 2 aromatic carbocycles. The fourth-order valence-corrected chi connectivity index (χ4v) is 2.20. The van der Waals surface area contributed by atoms with E-state index in [1.165, 1.54) is 25.3 Å². The molecule has 0 aliphatic carbocycles. The predicted octanol–water partition coefficient (Wildman–Crippen LogP) is 4.00. The van der Waals surface area contributed by atoms with Crippen molar-refractivity contribution in [3.8, 4) is 11.5 Å². The van der Waals surface area contributed by atoms with Gasteiger partial charge in [-0.25, -0.2) is 0 Å². The summed E-state index contributed by atoms with van der Waals surface area (Å²) < 4.78 is 10.3. The first-order chi connectivity index (χ1) is 12.8. The van der Waals surface area contributed by atoms with E-state index in [1.54, 1.807) is 31.2 Å². The Hall–Kier alpha value is -3.75. The maximum Gasteiger partial charge on any atom is 0.311 e. The summed E-state index contributed by atoms with van der Waals surface area (Å²) >= 11 is 0. The summed E-state index contributed by atoms with van der Waals surface area (Å²) in [7, 11) is 1.42. The Kier molecular flexibility index (Phi) is 6.21. The van der Waals surface area contributed by atoms with Gasteiger partial charge < -0.3 is 9.47 Å². The van der Waals surface area contributed by atoms with Crippen LogP contribution in [0.4, 0.5) is 11.4 Å². The molecule has 2 rings (SSSR count). The Balaban J connectivity index is 2.33. The quantitative estimate of drug-likeness (QED) is 0.237. The number of hydrogen-bond acceptors (Lipinski definition) is 7. The van der Waals surface area contributed by atoms with Crippen LogP contribution in [0, 0.1) is 20.2 Å². The third-order valence-electron chi connectivity index (χ3n) is 3.58. The van der Waals surface area contributed by atoms with Gasteiger partial charge in [0.15, 0.2) is 11.5 Å². The molecule has 0 spiro atoms. The highest BCUT2D eigenvalue weighted by molar-refractivity contribution is 5.77. The van der Waals surface area contributed by atoms with Crippen LogP contribution in [0.1, 0.15) is 24.5 Å². The zero-order chi connectivity index (χ0) is 20.0. The molecule has 0 aliphatic rings. The van der Waals surface area contributed by atoms with Gasteiger partial charge in [-0.1, -0.05) is 19.1 Å². The van der Waals surface area contributed by atoms with Crippen molar-refractivity contribution in [1.82, 2.24) is 0 Å². The van der Waals surface area contributed by atoms with E-state index in [1.807, 2.05) is 0 Å². The maximum absolute atomic E-state index is 11.4.